The van der Waals surface area contributed by atoms with E-state index in [2.05, 4.69) is 18.8 Å². The highest BCUT2D eigenvalue weighted by Crippen LogP contribution is 2.33. The number of pyridine rings is 1. The summed E-state index contributed by atoms with van der Waals surface area (Å²) in [4.78, 5) is 17.5. The van der Waals surface area contributed by atoms with Crippen molar-refractivity contribution in [3.8, 4) is 0 Å². The molecule has 0 radical (unpaired) electrons. The summed E-state index contributed by atoms with van der Waals surface area (Å²) in [7, 11) is 0. The lowest BCUT2D eigenvalue weighted by molar-refractivity contribution is 0.0697. The maximum Gasteiger partial charge on any atom is 0.339 e. The molecule has 6 heteroatoms. The van der Waals surface area contributed by atoms with Gasteiger partial charge in [0.25, 0.3) is 0 Å². The van der Waals surface area contributed by atoms with Gasteiger partial charge in [0, 0.05) is 23.6 Å². The van der Waals surface area contributed by atoms with Crippen LogP contribution < -0.4 is 4.90 Å². The largest absolute Gasteiger partial charge is 0.478 e. The molecular formula is C13H17ClN2O2S. The maximum atomic E-state index is 11.3. The lowest BCUT2D eigenvalue weighted by atomic mass is 10.1. The topological polar surface area (TPSA) is 53.4 Å². The Kier molecular flexibility index (Phi) is 4.26. The van der Waals surface area contributed by atoms with Crippen LogP contribution in [0.5, 0.6) is 0 Å². The molecule has 1 aliphatic rings. The van der Waals surface area contributed by atoms with Crippen LogP contribution in [0, 0.1) is 0 Å². The van der Waals surface area contributed by atoms with Gasteiger partial charge < -0.3 is 10.0 Å². The van der Waals surface area contributed by atoms with Crippen molar-refractivity contribution < 1.29 is 9.90 Å². The number of aromatic nitrogens is 1. The van der Waals surface area contributed by atoms with Gasteiger partial charge >= 0.3 is 5.97 Å². The first kappa shape index (κ1) is 14.5. The van der Waals surface area contributed by atoms with Crippen LogP contribution in [0.2, 0.25) is 5.15 Å². The molecule has 0 bridgehead atoms. The van der Waals surface area contributed by atoms with Crippen LogP contribution >= 0.6 is 23.4 Å². The number of carboxylic acids is 1. The molecule has 1 aliphatic heterocycles. The van der Waals surface area contributed by atoms with E-state index in [0.717, 1.165) is 25.3 Å². The SMILES string of the molecule is CC1(C)CCN(c2nc(Cl)ccc2C(=O)O)CCS1. The maximum absolute atomic E-state index is 11.3. The highest BCUT2D eigenvalue weighted by atomic mass is 35.5. The summed E-state index contributed by atoms with van der Waals surface area (Å²) in [6.45, 7) is 6.02. The number of aromatic carboxylic acids is 1. The zero-order valence-corrected chi connectivity index (χ0v) is 12.6. The van der Waals surface area contributed by atoms with E-state index < -0.39 is 5.97 Å². The molecule has 19 heavy (non-hydrogen) atoms. The molecule has 1 saturated heterocycles. The Labute approximate surface area is 122 Å². The number of thioether (sulfide) groups is 1. The summed E-state index contributed by atoms with van der Waals surface area (Å²) < 4.78 is 0.219. The lowest BCUT2D eigenvalue weighted by Crippen LogP contribution is -2.29. The number of rotatable bonds is 2. The van der Waals surface area contributed by atoms with E-state index in [-0.39, 0.29) is 10.3 Å². The lowest BCUT2D eigenvalue weighted by Gasteiger charge is -2.24. The van der Waals surface area contributed by atoms with Crippen LogP contribution in [0.3, 0.4) is 0 Å². The number of carbonyl (C=O) groups is 1. The molecule has 2 rings (SSSR count). The van der Waals surface area contributed by atoms with Crippen LogP contribution in [0.15, 0.2) is 12.1 Å². The van der Waals surface area contributed by atoms with Crippen LogP contribution in [0.25, 0.3) is 0 Å². The van der Waals surface area contributed by atoms with E-state index in [1.54, 1.807) is 0 Å². The highest BCUT2D eigenvalue weighted by molar-refractivity contribution is 8.00. The van der Waals surface area contributed by atoms with Crippen molar-refractivity contribution in [3.63, 3.8) is 0 Å². The third-order valence-electron chi connectivity index (χ3n) is 3.21. The molecule has 2 heterocycles. The molecule has 0 saturated carbocycles. The van der Waals surface area contributed by atoms with Gasteiger partial charge in [0.15, 0.2) is 0 Å². The molecule has 1 N–H and O–H groups in total. The zero-order valence-electron chi connectivity index (χ0n) is 11.0. The molecule has 0 amide bonds. The van der Waals surface area contributed by atoms with Gasteiger partial charge in [0.05, 0.1) is 0 Å². The minimum absolute atomic E-state index is 0.217. The van der Waals surface area contributed by atoms with Gasteiger partial charge in [-0.05, 0) is 18.6 Å². The Hall–Kier alpha value is -0.940. The van der Waals surface area contributed by atoms with Crippen molar-refractivity contribution in [2.75, 3.05) is 23.7 Å². The van der Waals surface area contributed by atoms with Gasteiger partial charge in [-0.3, -0.25) is 0 Å². The van der Waals surface area contributed by atoms with Crippen molar-refractivity contribution in [2.45, 2.75) is 25.0 Å². The molecule has 0 aromatic carbocycles. The quantitative estimate of drug-likeness (QED) is 0.850. The van der Waals surface area contributed by atoms with Gasteiger partial charge in [-0.2, -0.15) is 11.8 Å². The third-order valence-corrected chi connectivity index (χ3v) is 4.79. The second kappa shape index (κ2) is 5.59. The summed E-state index contributed by atoms with van der Waals surface area (Å²) >= 11 is 7.81. The molecule has 0 aliphatic carbocycles. The van der Waals surface area contributed by atoms with Gasteiger partial charge in [-0.1, -0.05) is 25.4 Å². The number of halogens is 1. The van der Waals surface area contributed by atoms with E-state index >= 15 is 0 Å². The van der Waals surface area contributed by atoms with Crippen molar-refractivity contribution >= 4 is 35.1 Å². The Morgan fingerprint density at radius 2 is 2.21 bits per heavy atom. The van der Waals surface area contributed by atoms with E-state index in [4.69, 9.17) is 11.6 Å². The van der Waals surface area contributed by atoms with Crippen LogP contribution in [0.4, 0.5) is 5.82 Å². The summed E-state index contributed by atoms with van der Waals surface area (Å²) in [5.41, 5.74) is 0.217. The first-order chi connectivity index (χ1) is 8.89. The summed E-state index contributed by atoms with van der Waals surface area (Å²) in [6, 6.07) is 3.04. The Bertz CT molecular complexity index is 494. The van der Waals surface area contributed by atoms with Gasteiger partial charge in [0.2, 0.25) is 0 Å². The fourth-order valence-electron chi connectivity index (χ4n) is 2.07. The van der Waals surface area contributed by atoms with Gasteiger partial charge in [-0.15, -0.1) is 0 Å². The van der Waals surface area contributed by atoms with Gasteiger partial charge in [0.1, 0.15) is 16.5 Å². The number of hydrogen-bond donors (Lipinski definition) is 1. The second-order valence-electron chi connectivity index (χ2n) is 5.16. The van der Waals surface area contributed by atoms with Crippen molar-refractivity contribution in [1.29, 1.82) is 0 Å². The molecule has 4 nitrogen and oxygen atoms in total. The Morgan fingerprint density at radius 3 is 2.89 bits per heavy atom. The first-order valence-corrected chi connectivity index (χ1v) is 7.54. The summed E-state index contributed by atoms with van der Waals surface area (Å²) in [5, 5.41) is 9.57. The normalized spacial score (nSPS) is 19.0. The van der Waals surface area contributed by atoms with Crippen molar-refractivity contribution in [1.82, 2.24) is 4.98 Å². The van der Waals surface area contributed by atoms with E-state index in [9.17, 15) is 9.90 Å². The standard InChI is InChI=1S/C13H17ClN2O2S/c1-13(2)5-6-16(7-8-19-13)11-9(12(17)18)3-4-10(14)15-11/h3-4H,5-8H2,1-2H3,(H,17,18). The van der Waals surface area contributed by atoms with E-state index in [0.29, 0.717) is 11.0 Å². The Morgan fingerprint density at radius 1 is 1.47 bits per heavy atom. The Balaban J connectivity index is 2.30. The molecule has 104 valence electrons. The van der Waals surface area contributed by atoms with E-state index in [1.165, 1.54) is 12.1 Å². The average Bonchev–Trinajstić information content (AvgIpc) is 2.49. The molecule has 1 fully saturated rings. The first-order valence-electron chi connectivity index (χ1n) is 6.18. The number of carboxylic acid groups (broad SMARTS) is 1. The molecule has 0 unspecified atom stereocenters. The third kappa shape index (κ3) is 3.54. The number of nitrogens with zero attached hydrogens (tertiary/aromatic N) is 2. The van der Waals surface area contributed by atoms with Crippen LogP contribution in [0.1, 0.15) is 30.6 Å². The summed E-state index contributed by atoms with van der Waals surface area (Å²) in [6.07, 6.45) is 0.991. The molecule has 0 atom stereocenters. The van der Waals surface area contributed by atoms with E-state index in [1.807, 2.05) is 16.7 Å². The zero-order chi connectivity index (χ0) is 14.0. The van der Waals surface area contributed by atoms with Crippen molar-refractivity contribution in [3.05, 3.63) is 22.8 Å². The van der Waals surface area contributed by atoms with Gasteiger partial charge in [-0.25, -0.2) is 9.78 Å². The molecular weight excluding hydrogens is 284 g/mol. The number of hydrogen-bond acceptors (Lipinski definition) is 4. The number of anilines is 1. The minimum Gasteiger partial charge on any atom is -0.478 e. The van der Waals surface area contributed by atoms with Crippen LogP contribution in [-0.4, -0.2) is 39.6 Å². The molecule has 0 spiro atoms. The fourth-order valence-corrected chi connectivity index (χ4v) is 3.31. The predicted molar refractivity (Wildman–Crippen MR) is 79.6 cm³/mol. The molecule has 1 aromatic rings. The predicted octanol–water partition coefficient (Wildman–Crippen LogP) is 3.16. The van der Waals surface area contributed by atoms with Crippen molar-refractivity contribution in [2.24, 2.45) is 0 Å². The smallest absolute Gasteiger partial charge is 0.339 e. The average molecular weight is 301 g/mol. The second-order valence-corrected chi connectivity index (χ2v) is 7.34. The minimum atomic E-state index is -0.963. The van der Waals surface area contributed by atoms with Crippen LogP contribution in [-0.2, 0) is 0 Å². The fraction of sp³-hybridized carbons (Fsp3) is 0.538. The summed E-state index contributed by atoms with van der Waals surface area (Å²) in [5.74, 6) is 0.480. The highest BCUT2D eigenvalue weighted by Gasteiger charge is 2.26. The molecule has 1 aromatic heterocycles. The monoisotopic (exact) mass is 300 g/mol.